The molecule has 2 aromatic rings. The van der Waals surface area contributed by atoms with Crippen molar-refractivity contribution >= 4 is 16.9 Å². The van der Waals surface area contributed by atoms with Crippen molar-refractivity contribution in [2.45, 2.75) is 13.2 Å². The predicted octanol–water partition coefficient (Wildman–Crippen LogP) is 1.86. The zero-order valence-corrected chi connectivity index (χ0v) is 10.4. The number of benzene rings is 1. The molecule has 1 N–H and O–H groups in total. The number of carboxylic acid groups (broad SMARTS) is 1. The van der Waals surface area contributed by atoms with E-state index in [2.05, 4.69) is 0 Å². The molecule has 0 amide bonds. The van der Waals surface area contributed by atoms with Gasteiger partial charge >= 0.3 is 11.6 Å². The lowest BCUT2D eigenvalue weighted by Gasteiger charge is -2.12. The van der Waals surface area contributed by atoms with Crippen LogP contribution in [0.1, 0.15) is 17.3 Å². The van der Waals surface area contributed by atoms with Gasteiger partial charge in [-0.2, -0.15) is 0 Å². The second-order valence-corrected chi connectivity index (χ2v) is 3.87. The Morgan fingerprint density at radius 1 is 1.37 bits per heavy atom. The van der Waals surface area contributed by atoms with E-state index < -0.39 is 23.4 Å². The minimum Gasteiger partial charge on any atom is -0.477 e. The number of fused-ring (bicyclic) bond motifs is 1. The molecule has 1 unspecified atom stereocenters. The first kappa shape index (κ1) is 13.1. The van der Waals surface area contributed by atoms with Crippen LogP contribution in [-0.2, 0) is 4.74 Å². The van der Waals surface area contributed by atoms with E-state index in [1.165, 1.54) is 19.2 Å². The molecule has 6 heteroatoms. The summed E-state index contributed by atoms with van der Waals surface area (Å²) in [5, 5.41) is 9.34. The van der Waals surface area contributed by atoms with Crippen LogP contribution in [0.2, 0.25) is 0 Å². The van der Waals surface area contributed by atoms with E-state index in [4.69, 9.17) is 19.0 Å². The summed E-state index contributed by atoms with van der Waals surface area (Å²) in [6.07, 6.45) is -0.442. The topological polar surface area (TPSA) is 86.0 Å². The van der Waals surface area contributed by atoms with Crippen molar-refractivity contribution in [2.75, 3.05) is 7.11 Å². The summed E-state index contributed by atoms with van der Waals surface area (Å²) in [6, 6.07) is 6.04. The summed E-state index contributed by atoms with van der Waals surface area (Å²) in [5.41, 5.74) is -1.03. The normalized spacial score (nSPS) is 12.3. The van der Waals surface area contributed by atoms with E-state index in [-0.39, 0.29) is 5.58 Å². The number of aromatic carboxylic acids is 1. The average molecular weight is 264 g/mol. The standard InChI is InChI=1S/C13H12O6/c1-7(17-2)18-9-4-3-8-5-10(12(14)15)13(16)19-11(8)6-9/h3-7H,1-2H3,(H,14,15). The van der Waals surface area contributed by atoms with Gasteiger partial charge in [-0.05, 0) is 25.1 Å². The van der Waals surface area contributed by atoms with Crippen molar-refractivity contribution in [3.8, 4) is 5.75 Å². The fraction of sp³-hybridized carbons (Fsp3) is 0.231. The molecule has 0 saturated heterocycles. The van der Waals surface area contributed by atoms with Crippen LogP contribution in [0.3, 0.4) is 0 Å². The Morgan fingerprint density at radius 2 is 2.11 bits per heavy atom. The molecule has 0 aliphatic carbocycles. The first-order chi connectivity index (χ1) is 9.01. The lowest BCUT2D eigenvalue weighted by Crippen LogP contribution is -2.14. The molecule has 0 bridgehead atoms. The molecule has 6 nitrogen and oxygen atoms in total. The number of ether oxygens (including phenoxy) is 2. The maximum atomic E-state index is 11.5. The zero-order valence-electron chi connectivity index (χ0n) is 10.4. The predicted molar refractivity (Wildman–Crippen MR) is 66.5 cm³/mol. The maximum Gasteiger partial charge on any atom is 0.351 e. The summed E-state index contributed by atoms with van der Waals surface area (Å²) in [4.78, 5) is 22.3. The van der Waals surface area contributed by atoms with Gasteiger partial charge in [-0.25, -0.2) is 9.59 Å². The third kappa shape index (κ3) is 2.74. The SMILES string of the molecule is COC(C)Oc1ccc2cc(C(=O)O)c(=O)oc2c1. The van der Waals surface area contributed by atoms with E-state index in [1.54, 1.807) is 19.1 Å². The Hall–Kier alpha value is -2.34. The molecule has 0 aliphatic rings. The average Bonchev–Trinajstić information content (AvgIpc) is 2.37. The van der Waals surface area contributed by atoms with Gasteiger partial charge in [0.2, 0.25) is 0 Å². The third-order valence-corrected chi connectivity index (χ3v) is 2.57. The molecule has 1 heterocycles. The number of rotatable bonds is 4. The third-order valence-electron chi connectivity index (χ3n) is 2.57. The molecular formula is C13H12O6. The molecule has 100 valence electrons. The summed E-state index contributed by atoms with van der Waals surface area (Å²) in [7, 11) is 1.50. The second kappa shape index (κ2) is 5.11. The molecule has 1 aromatic carbocycles. The Morgan fingerprint density at radius 3 is 2.74 bits per heavy atom. The van der Waals surface area contributed by atoms with Crippen LogP contribution < -0.4 is 10.4 Å². The highest BCUT2D eigenvalue weighted by atomic mass is 16.7. The van der Waals surface area contributed by atoms with Crippen molar-refractivity contribution in [1.82, 2.24) is 0 Å². The van der Waals surface area contributed by atoms with Crippen molar-refractivity contribution in [2.24, 2.45) is 0 Å². The fourth-order valence-corrected chi connectivity index (χ4v) is 1.55. The number of hydrogen-bond acceptors (Lipinski definition) is 5. The Bertz CT molecular complexity index is 672. The maximum absolute atomic E-state index is 11.5. The highest BCUT2D eigenvalue weighted by Crippen LogP contribution is 2.21. The Kier molecular flexibility index (Phi) is 3.52. The number of hydrogen-bond donors (Lipinski definition) is 1. The van der Waals surface area contributed by atoms with E-state index in [0.717, 1.165) is 0 Å². The van der Waals surface area contributed by atoms with Crippen molar-refractivity contribution in [3.05, 3.63) is 40.2 Å². The highest BCUT2D eigenvalue weighted by molar-refractivity contribution is 5.91. The molecule has 0 saturated carbocycles. The Labute approximate surface area is 108 Å². The minimum atomic E-state index is -1.32. The minimum absolute atomic E-state index is 0.260. The molecule has 0 aliphatic heterocycles. The van der Waals surface area contributed by atoms with Crippen LogP contribution >= 0.6 is 0 Å². The van der Waals surface area contributed by atoms with Crippen LogP contribution in [0.4, 0.5) is 0 Å². The fourth-order valence-electron chi connectivity index (χ4n) is 1.55. The van der Waals surface area contributed by atoms with Gasteiger partial charge in [-0.15, -0.1) is 0 Å². The first-order valence-electron chi connectivity index (χ1n) is 5.52. The van der Waals surface area contributed by atoms with Crippen LogP contribution in [0.15, 0.2) is 33.5 Å². The van der Waals surface area contributed by atoms with Gasteiger partial charge in [0.15, 0.2) is 6.29 Å². The van der Waals surface area contributed by atoms with Crippen LogP contribution in [0, 0.1) is 0 Å². The highest BCUT2D eigenvalue weighted by Gasteiger charge is 2.12. The zero-order chi connectivity index (χ0) is 14.0. The molecule has 0 fully saturated rings. The molecule has 2 rings (SSSR count). The van der Waals surface area contributed by atoms with Gasteiger partial charge in [-0.3, -0.25) is 0 Å². The van der Waals surface area contributed by atoms with E-state index in [1.807, 2.05) is 0 Å². The van der Waals surface area contributed by atoms with Gasteiger partial charge in [-0.1, -0.05) is 0 Å². The van der Waals surface area contributed by atoms with E-state index in [0.29, 0.717) is 11.1 Å². The smallest absolute Gasteiger partial charge is 0.351 e. The molecule has 0 radical (unpaired) electrons. The quantitative estimate of drug-likeness (QED) is 0.670. The number of carboxylic acids is 1. The molecule has 1 atom stereocenters. The van der Waals surface area contributed by atoms with Gasteiger partial charge in [0.1, 0.15) is 16.9 Å². The monoisotopic (exact) mass is 264 g/mol. The summed E-state index contributed by atoms with van der Waals surface area (Å²) in [6.45, 7) is 1.72. The van der Waals surface area contributed by atoms with Gasteiger partial charge in [0.05, 0.1) is 0 Å². The molecule has 0 spiro atoms. The Balaban J connectivity index is 2.47. The van der Waals surface area contributed by atoms with Gasteiger partial charge < -0.3 is 19.0 Å². The van der Waals surface area contributed by atoms with Crippen LogP contribution in [-0.4, -0.2) is 24.5 Å². The largest absolute Gasteiger partial charge is 0.477 e. The summed E-state index contributed by atoms with van der Waals surface area (Å²) in [5.74, 6) is -0.850. The second-order valence-electron chi connectivity index (χ2n) is 3.87. The lowest BCUT2D eigenvalue weighted by molar-refractivity contribution is -0.0382. The van der Waals surface area contributed by atoms with Gasteiger partial charge in [0.25, 0.3) is 0 Å². The first-order valence-corrected chi connectivity index (χ1v) is 5.52. The van der Waals surface area contributed by atoms with Crippen molar-refractivity contribution in [3.63, 3.8) is 0 Å². The van der Waals surface area contributed by atoms with E-state index in [9.17, 15) is 9.59 Å². The number of methoxy groups -OCH3 is 1. The van der Waals surface area contributed by atoms with Crippen molar-refractivity contribution in [1.29, 1.82) is 0 Å². The molecular weight excluding hydrogens is 252 g/mol. The lowest BCUT2D eigenvalue weighted by atomic mass is 10.2. The van der Waals surface area contributed by atoms with Crippen molar-refractivity contribution < 1.29 is 23.8 Å². The summed E-state index contributed by atoms with van der Waals surface area (Å²) < 4.78 is 15.3. The molecule has 19 heavy (non-hydrogen) atoms. The summed E-state index contributed by atoms with van der Waals surface area (Å²) >= 11 is 0. The van der Waals surface area contributed by atoms with Crippen LogP contribution in [0.25, 0.3) is 11.0 Å². The molecule has 1 aromatic heterocycles. The van der Waals surface area contributed by atoms with Gasteiger partial charge in [0, 0.05) is 18.6 Å². The van der Waals surface area contributed by atoms with E-state index >= 15 is 0 Å². The number of carbonyl (C=O) groups is 1. The van der Waals surface area contributed by atoms with Crippen LogP contribution in [0.5, 0.6) is 5.75 Å².